The quantitative estimate of drug-likeness (QED) is 0.712. The lowest BCUT2D eigenvalue weighted by Gasteiger charge is -2.23. The molecule has 1 aromatic rings. The minimum atomic E-state index is -0.0979. The summed E-state index contributed by atoms with van der Waals surface area (Å²) in [7, 11) is 0. The standard InChI is InChI=1S/C16H23N3O3/c1-2-17-16(21)13-5-3-4-12(8-13)10-19-15(20)9-14-11-22-7-6-18-14/h3-5,8,14,18H,2,6-7,9-11H2,1H3,(H,17,21)(H,19,20). The minimum Gasteiger partial charge on any atom is -0.378 e. The summed E-state index contributed by atoms with van der Waals surface area (Å²) in [6, 6.07) is 7.36. The third-order valence-corrected chi connectivity index (χ3v) is 3.45. The van der Waals surface area contributed by atoms with Crippen LogP contribution in [0, 0.1) is 0 Å². The molecule has 2 amide bonds. The molecule has 6 heteroatoms. The molecule has 0 radical (unpaired) electrons. The van der Waals surface area contributed by atoms with E-state index in [1.165, 1.54) is 0 Å². The normalized spacial score (nSPS) is 17.8. The maximum atomic E-state index is 11.9. The van der Waals surface area contributed by atoms with Gasteiger partial charge in [-0.3, -0.25) is 9.59 Å². The van der Waals surface area contributed by atoms with Crippen molar-refractivity contribution in [1.29, 1.82) is 0 Å². The van der Waals surface area contributed by atoms with E-state index in [1.54, 1.807) is 12.1 Å². The number of rotatable bonds is 6. The summed E-state index contributed by atoms with van der Waals surface area (Å²) >= 11 is 0. The minimum absolute atomic E-state index is 0.0218. The summed E-state index contributed by atoms with van der Waals surface area (Å²) in [4.78, 5) is 23.7. The summed E-state index contributed by atoms with van der Waals surface area (Å²) in [5, 5.41) is 8.89. The highest BCUT2D eigenvalue weighted by Gasteiger charge is 2.16. The van der Waals surface area contributed by atoms with Gasteiger partial charge in [-0.15, -0.1) is 0 Å². The zero-order chi connectivity index (χ0) is 15.8. The number of hydrogen-bond donors (Lipinski definition) is 3. The van der Waals surface area contributed by atoms with E-state index in [0.29, 0.717) is 38.3 Å². The second-order valence-electron chi connectivity index (χ2n) is 5.27. The Morgan fingerprint density at radius 3 is 2.95 bits per heavy atom. The van der Waals surface area contributed by atoms with Gasteiger partial charge in [0.25, 0.3) is 5.91 Å². The molecule has 0 saturated carbocycles. The Balaban J connectivity index is 1.81. The van der Waals surface area contributed by atoms with Crippen LogP contribution in [-0.2, 0) is 16.1 Å². The van der Waals surface area contributed by atoms with Gasteiger partial charge in [-0.05, 0) is 24.6 Å². The SMILES string of the molecule is CCNC(=O)c1cccc(CNC(=O)CC2COCCN2)c1. The first-order valence-electron chi connectivity index (χ1n) is 7.64. The second kappa shape index (κ2) is 8.51. The van der Waals surface area contributed by atoms with Gasteiger partial charge in [-0.2, -0.15) is 0 Å². The average Bonchev–Trinajstić information content (AvgIpc) is 2.54. The molecule has 0 bridgehead atoms. The largest absolute Gasteiger partial charge is 0.378 e. The molecular formula is C16H23N3O3. The first-order chi connectivity index (χ1) is 10.7. The third-order valence-electron chi connectivity index (χ3n) is 3.45. The number of hydrogen-bond acceptors (Lipinski definition) is 4. The van der Waals surface area contributed by atoms with Crippen LogP contribution in [0.1, 0.15) is 29.3 Å². The highest BCUT2D eigenvalue weighted by Crippen LogP contribution is 2.06. The predicted molar refractivity (Wildman–Crippen MR) is 83.5 cm³/mol. The van der Waals surface area contributed by atoms with Crippen molar-refractivity contribution in [2.75, 3.05) is 26.3 Å². The molecule has 2 rings (SSSR count). The molecule has 0 spiro atoms. The van der Waals surface area contributed by atoms with Gasteiger partial charge in [0.05, 0.1) is 13.2 Å². The Labute approximate surface area is 130 Å². The van der Waals surface area contributed by atoms with Crippen LogP contribution in [0.4, 0.5) is 0 Å². The topological polar surface area (TPSA) is 79.5 Å². The van der Waals surface area contributed by atoms with Crippen LogP contribution in [0.5, 0.6) is 0 Å². The van der Waals surface area contributed by atoms with Gasteiger partial charge < -0.3 is 20.7 Å². The van der Waals surface area contributed by atoms with Crippen LogP contribution in [0.25, 0.3) is 0 Å². The van der Waals surface area contributed by atoms with E-state index in [4.69, 9.17) is 4.74 Å². The maximum absolute atomic E-state index is 11.9. The van der Waals surface area contributed by atoms with E-state index < -0.39 is 0 Å². The Kier molecular flexibility index (Phi) is 6.36. The zero-order valence-electron chi connectivity index (χ0n) is 12.9. The molecule has 120 valence electrons. The molecule has 1 fully saturated rings. The third kappa shape index (κ3) is 5.13. The molecule has 1 aromatic carbocycles. The fourth-order valence-corrected chi connectivity index (χ4v) is 2.33. The van der Waals surface area contributed by atoms with E-state index in [9.17, 15) is 9.59 Å². The summed E-state index contributed by atoms with van der Waals surface area (Å²) in [5.74, 6) is -0.120. The van der Waals surface area contributed by atoms with E-state index in [1.807, 2.05) is 19.1 Å². The molecule has 1 aliphatic rings. The van der Waals surface area contributed by atoms with Crippen molar-refractivity contribution in [2.45, 2.75) is 25.9 Å². The first-order valence-corrected chi connectivity index (χ1v) is 7.64. The lowest BCUT2D eigenvalue weighted by atomic mass is 10.1. The molecule has 3 N–H and O–H groups in total. The Morgan fingerprint density at radius 2 is 2.23 bits per heavy atom. The van der Waals surface area contributed by atoms with Crippen molar-refractivity contribution in [1.82, 2.24) is 16.0 Å². The fraction of sp³-hybridized carbons (Fsp3) is 0.500. The Hall–Kier alpha value is -1.92. The Bertz CT molecular complexity index is 513. The number of ether oxygens (including phenoxy) is 1. The van der Waals surface area contributed by atoms with Crippen LogP contribution < -0.4 is 16.0 Å². The molecular weight excluding hydrogens is 282 g/mol. The second-order valence-corrected chi connectivity index (χ2v) is 5.27. The highest BCUT2D eigenvalue weighted by atomic mass is 16.5. The molecule has 1 unspecified atom stereocenters. The number of morpholine rings is 1. The number of amides is 2. The van der Waals surface area contributed by atoms with Gasteiger partial charge in [0.1, 0.15) is 0 Å². The van der Waals surface area contributed by atoms with Crippen LogP contribution in [0.15, 0.2) is 24.3 Å². The average molecular weight is 305 g/mol. The number of carbonyl (C=O) groups excluding carboxylic acids is 2. The van der Waals surface area contributed by atoms with Gasteiger partial charge in [-0.1, -0.05) is 12.1 Å². The summed E-state index contributed by atoms with van der Waals surface area (Å²) in [5.41, 5.74) is 1.51. The highest BCUT2D eigenvalue weighted by molar-refractivity contribution is 5.94. The van der Waals surface area contributed by atoms with Gasteiger partial charge in [0.2, 0.25) is 5.91 Å². The van der Waals surface area contributed by atoms with E-state index in [2.05, 4.69) is 16.0 Å². The molecule has 1 heterocycles. The maximum Gasteiger partial charge on any atom is 0.251 e. The summed E-state index contributed by atoms with van der Waals surface area (Å²) < 4.78 is 5.32. The van der Waals surface area contributed by atoms with E-state index >= 15 is 0 Å². The van der Waals surface area contributed by atoms with Crippen molar-refractivity contribution in [2.24, 2.45) is 0 Å². The van der Waals surface area contributed by atoms with Gasteiger partial charge in [0, 0.05) is 37.7 Å². The van der Waals surface area contributed by atoms with Crippen molar-refractivity contribution < 1.29 is 14.3 Å². The predicted octanol–water partition coefficient (Wildman–Crippen LogP) is 0.431. The van der Waals surface area contributed by atoms with Gasteiger partial charge in [0.15, 0.2) is 0 Å². The van der Waals surface area contributed by atoms with E-state index in [-0.39, 0.29) is 17.9 Å². The molecule has 1 saturated heterocycles. The van der Waals surface area contributed by atoms with Gasteiger partial charge >= 0.3 is 0 Å². The summed E-state index contributed by atoms with van der Waals surface area (Å²) in [6.07, 6.45) is 0.399. The van der Waals surface area contributed by atoms with Crippen molar-refractivity contribution in [3.63, 3.8) is 0 Å². The molecule has 22 heavy (non-hydrogen) atoms. The monoisotopic (exact) mass is 305 g/mol. The van der Waals surface area contributed by atoms with Crippen LogP contribution >= 0.6 is 0 Å². The lowest BCUT2D eigenvalue weighted by Crippen LogP contribution is -2.44. The first kappa shape index (κ1) is 16.5. The van der Waals surface area contributed by atoms with Crippen LogP contribution in [-0.4, -0.2) is 44.2 Å². The number of benzene rings is 1. The fourth-order valence-electron chi connectivity index (χ4n) is 2.33. The molecule has 1 atom stereocenters. The Morgan fingerprint density at radius 1 is 1.36 bits per heavy atom. The molecule has 0 aromatic heterocycles. The molecule has 0 aliphatic carbocycles. The molecule has 6 nitrogen and oxygen atoms in total. The summed E-state index contributed by atoms with van der Waals surface area (Å²) in [6.45, 7) is 4.94. The van der Waals surface area contributed by atoms with Crippen molar-refractivity contribution in [3.05, 3.63) is 35.4 Å². The van der Waals surface area contributed by atoms with Crippen LogP contribution in [0.2, 0.25) is 0 Å². The van der Waals surface area contributed by atoms with Crippen molar-refractivity contribution in [3.8, 4) is 0 Å². The number of carbonyl (C=O) groups is 2. The van der Waals surface area contributed by atoms with Gasteiger partial charge in [-0.25, -0.2) is 0 Å². The molecule has 1 aliphatic heterocycles. The smallest absolute Gasteiger partial charge is 0.251 e. The van der Waals surface area contributed by atoms with Crippen molar-refractivity contribution >= 4 is 11.8 Å². The van der Waals surface area contributed by atoms with E-state index in [0.717, 1.165) is 12.1 Å². The van der Waals surface area contributed by atoms with Crippen LogP contribution in [0.3, 0.4) is 0 Å². The zero-order valence-corrected chi connectivity index (χ0v) is 12.9. The number of nitrogens with one attached hydrogen (secondary N) is 3. The lowest BCUT2D eigenvalue weighted by molar-refractivity contribution is -0.122.